The quantitative estimate of drug-likeness (QED) is 0.435. The van der Waals surface area contributed by atoms with Gasteiger partial charge < -0.3 is 9.47 Å². The molecule has 0 bridgehead atoms. The molecule has 1 fully saturated rings. The van der Waals surface area contributed by atoms with Crippen LogP contribution in [0.3, 0.4) is 0 Å². The Morgan fingerprint density at radius 2 is 1.39 bits per heavy atom. The van der Waals surface area contributed by atoms with Crippen molar-refractivity contribution in [3.8, 4) is 11.5 Å². The van der Waals surface area contributed by atoms with E-state index in [1.165, 1.54) is 48.9 Å². The number of methoxy groups -OCH3 is 2. The normalized spacial score (nSPS) is 16.1. The minimum atomic E-state index is -3.92. The summed E-state index contributed by atoms with van der Waals surface area (Å²) in [6.07, 6.45) is 0. The standard InChI is InChI=1S/C18H21N3O8S2/c1-28-15-5-8-18(17(13-15)29-2)31(26,27)20-11-9-19(10-12-20)30(24,25)16-6-3-14(4-7-16)21(22)23/h3-8,13H,9-12H2,1-2H3. The molecule has 1 saturated heterocycles. The number of hydrogen-bond donors (Lipinski definition) is 0. The fraction of sp³-hybridized carbons (Fsp3) is 0.333. The van der Waals surface area contributed by atoms with Gasteiger partial charge in [0.05, 0.1) is 24.0 Å². The van der Waals surface area contributed by atoms with Gasteiger partial charge in [-0.05, 0) is 24.3 Å². The highest BCUT2D eigenvalue weighted by molar-refractivity contribution is 7.89. The Morgan fingerprint density at radius 3 is 1.87 bits per heavy atom. The van der Waals surface area contributed by atoms with E-state index in [0.29, 0.717) is 5.75 Å². The largest absolute Gasteiger partial charge is 0.497 e. The summed E-state index contributed by atoms with van der Waals surface area (Å²) in [5.41, 5.74) is -0.219. The fourth-order valence-electron chi connectivity index (χ4n) is 3.17. The van der Waals surface area contributed by atoms with Gasteiger partial charge in [-0.15, -0.1) is 0 Å². The van der Waals surface area contributed by atoms with E-state index in [1.807, 2.05) is 0 Å². The number of nitro benzene ring substituents is 1. The van der Waals surface area contributed by atoms with Crippen LogP contribution in [0.5, 0.6) is 11.5 Å². The lowest BCUT2D eigenvalue weighted by atomic mass is 10.3. The Bertz CT molecular complexity index is 1170. The highest BCUT2D eigenvalue weighted by Gasteiger charge is 2.35. The van der Waals surface area contributed by atoms with Crippen molar-refractivity contribution < 1.29 is 31.2 Å². The molecule has 0 unspecified atom stereocenters. The molecule has 11 nitrogen and oxygen atoms in total. The molecule has 0 aliphatic carbocycles. The zero-order chi connectivity index (χ0) is 22.8. The van der Waals surface area contributed by atoms with Crippen molar-refractivity contribution in [3.05, 3.63) is 52.6 Å². The monoisotopic (exact) mass is 471 g/mol. The lowest BCUT2D eigenvalue weighted by Gasteiger charge is -2.33. The second-order valence-electron chi connectivity index (χ2n) is 6.58. The van der Waals surface area contributed by atoms with E-state index in [0.717, 1.165) is 16.4 Å². The Morgan fingerprint density at radius 1 is 0.839 bits per heavy atom. The Labute approximate surface area is 180 Å². The van der Waals surface area contributed by atoms with Gasteiger partial charge in [0.1, 0.15) is 16.4 Å². The highest BCUT2D eigenvalue weighted by atomic mass is 32.2. The van der Waals surface area contributed by atoms with Gasteiger partial charge in [0.15, 0.2) is 0 Å². The van der Waals surface area contributed by atoms with Gasteiger partial charge in [-0.3, -0.25) is 10.1 Å². The first kappa shape index (κ1) is 22.9. The van der Waals surface area contributed by atoms with Crippen molar-refractivity contribution in [2.24, 2.45) is 0 Å². The molecule has 0 radical (unpaired) electrons. The summed E-state index contributed by atoms with van der Waals surface area (Å²) in [5.74, 6) is 0.565. The van der Waals surface area contributed by atoms with Crippen molar-refractivity contribution in [1.29, 1.82) is 0 Å². The third-order valence-electron chi connectivity index (χ3n) is 4.87. The maximum absolute atomic E-state index is 13.1. The Hall–Kier alpha value is -2.74. The van der Waals surface area contributed by atoms with Crippen LogP contribution in [-0.4, -0.2) is 70.8 Å². The molecule has 2 aromatic rings. The predicted molar refractivity (Wildman–Crippen MR) is 110 cm³/mol. The topological polar surface area (TPSA) is 136 Å². The van der Waals surface area contributed by atoms with Crippen LogP contribution in [0, 0.1) is 10.1 Å². The highest BCUT2D eigenvalue weighted by Crippen LogP contribution is 2.31. The third-order valence-corrected chi connectivity index (χ3v) is 8.72. The van der Waals surface area contributed by atoms with E-state index >= 15 is 0 Å². The summed E-state index contributed by atoms with van der Waals surface area (Å²) in [5, 5.41) is 10.8. The summed E-state index contributed by atoms with van der Waals surface area (Å²) >= 11 is 0. The van der Waals surface area contributed by atoms with Crippen molar-refractivity contribution in [2.75, 3.05) is 40.4 Å². The molecule has 168 valence electrons. The van der Waals surface area contributed by atoms with E-state index in [-0.39, 0.29) is 47.4 Å². The zero-order valence-electron chi connectivity index (χ0n) is 16.8. The average molecular weight is 472 g/mol. The molecule has 1 aliphatic heterocycles. The van der Waals surface area contributed by atoms with Crippen LogP contribution >= 0.6 is 0 Å². The van der Waals surface area contributed by atoms with Crippen molar-refractivity contribution in [2.45, 2.75) is 9.79 Å². The maximum atomic E-state index is 13.1. The second-order valence-corrected chi connectivity index (χ2v) is 10.4. The van der Waals surface area contributed by atoms with Crippen LogP contribution in [0.25, 0.3) is 0 Å². The van der Waals surface area contributed by atoms with Crippen molar-refractivity contribution in [1.82, 2.24) is 8.61 Å². The summed E-state index contributed by atoms with van der Waals surface area (Å²) in [4.78, 5) is 10.0. The number of sulfonamides is 2. The molecule has 0 N–H and O–H groups in total. The van der Waals surface area contributed by atoms with Crippen LogP contribution in [0.1, 0.15) is 0 Å². The Kier molecular flexibility index (Phi) is 6.50. The van der Waals surface area contributed by atoms with Gasteiger partial charge in [-0.2, -0.15) is 8.61 Å². The van der Waals surface area contributed by atoms with Gasteiger partial charge in [0, 0.05) is 44.4 Å². The van der Waals surface area contributed by atoms with E-state index in [1.54, 1.807) is 0 Å². The molecule has 0 amide bonds. The predicted octanol–water partition coefficient (Wildman–Crippen LogP) is 1.31. The molecular formula is C18H21N3O8S2. The lowest BCUT2D eigenvalue weighted by Crippen LogP contribution is -2.50. The first-order valence-electron chi connectivity index (χ1n) is 9.08. The van der Waals surface area contributed by atoms with Gasteiger partial charge in [0.2, 0.25) is 20.0 Å². The van der Waals surface area contributed by atoms with Crippen LogP contribution < -0.4 is 9.47 Å². The first-order chi connectivity index (χ1) is 14.6. The van der Waals surface area contributed by atoms with Gasteiger partial charge in [0.25, 0.3) is 5.69 Å². The summed E-state index contributed by atoms with van der Waals surface area (Å²) in [6.45, 7) is -0.221. The number of ether oxygens (including phenoxy) is 2. The SMILES string of the molecule is COc1ccc(S(=O)(=O)N2CCN(S(=O)(=O)c3ccc([N+](=O)[O-])cc3)CC2)c(OC)c1. The minimum absolute atomic E-state index is 0.0394. The summed E-state index contributed by atoms with van der Waals surface area (Å²) in [7, 11) is -5.03. The first-order valence-corrected chi connectivity index (χ1v) is 12.0. The van der Waals surface area contributed by atoms with E-state index in [9.17, 15) is 26.9 Å². The molecule has 1 heterocycles. The lowest BCUT2D eigenvalue weighted by molar-refractivity contribution is -0.384. The average Bonchev–Trinajstić information content (AvgIpc) is 2.78. The molecule has 0 atom stereocenters. The summed E-state index contributed by atoms with van der Waals surface area (Å²) < 4.78 is 64.4. The summed E-state index contributed by atoms with van der Waals surface area (Å²) in [6, 6.07) is 8.91. The zero-order valence-corrected chi connectivity index (χ0v) is 18.4. The number of benzene rings is 2. The van der Waals surface area contributed by atoms with E-state index in [2.05, 4.69) is 0 Å². The molecule has 0 aromatic heterocycles. The van der Waals surface area contributed by atoms with Crippen LogP contribution in [0.2, 0.25) is 0 Å². The maximum Gasteiger partial charge on any atom is 0.269 e. The van der Waals surface area contributed by atoms with E-state index in [4.69, 9.17) is 9.47 Å². The molecule has 0 spiro atoms. The number of hydrogen-bond acceptors (Lipinski definition) is 8. The number of nitro groups is 1. The van der Waals surface area contributed by atoms with Crippen molar-refractivity contribution >= 4 is 25.7 Å². The van der Waals surface area contributed by atoms with Gasteiger partial charge >= 0.3 is 0 Å². The molecular weight excluding hydrogens is 450 g/mol. The minimum Gasteiger partial charge on any atom is -0.497 e. The third kappa shape index (κ3) is 4.49. The smallest absolute Gasteiger partial charge is 0.269 e. The molecule has 3 rings (SSSR count). The fourth-order valence-corrected chi connectivity index (χ4v) is 6.15. The van der Waals surface area contributed by atoms with Crippen LogP contribution in [-0.2, 0) is 20.0 Å². The number of rotatable bonds is 7. The molecule has 0 saturated carbocycles. The number of non-ortho nitro benzene ring substituents is 1. The van der Waals surface area contributed by atoms with Crippen LogP contribution in [0.15, 0.2) is 52.3 Å². The number of nitrogens with zero attached hydrogens (tertiary/aromatic N) is 3. The van der Waals surface area contributed by atoms with Gasteiger partial charge in [-0.25, -0.2) is 16.8 Å². The molecule has 1 aliphatic rings. The molecule has 31 heavy (non-hydrogen) atoms. The molecule has 13 heteroatoms. The van der Waals surface area contributed by atoms with Crippen LogP contribution in [0.4, 0.5) is 5.69 Å². The Balaban J connectivity index is 1.77. The van der Waals surface area contributed by atoms with Gasteiger partial charge in [-0.1, -0.05) is 0 Å². The molecule has 2 aromatic carbocycles. The van der Waals surface area contributed by atoms with Crippen molar-refractivity contribution in [3.63, 3.8) is 0 Å². The van der Waals surface area contributed by atoms with E-state index < -0.39 is 25.0 Å². The second kappa shape index (κ2) is 8.78. The number of piperazine rings is 1.